The molecule has 2 aromatic carbocycles. The van der Waals surface area contributed by atoms with Gasteiger partial charge in [-0.15, -0.1) is 0 Å². The van der Waals surface area contributed by atoms with Crippen molar-refractivity contribution in [3.63, 3.8) is 0 Å². The Morgan fingerprint density at radius 1 is 1.07 bits per heavy atom. The van der Waals surface area contributed by atoms with Gasteiger partial charge in [0, 0.05) is 29.2 Å². The summed E-state index contributed by atoms with van der Waals surface area (Å²) in [6.07, 6.45) is 0. The van der Waals surface area contributed by atoms with E-state index in [1.54, 1.807) is 42.5 Å². The van der Waals surface area contributed by atoms with Crippen LogP contribution in [-0.4, -0.2) is 29.1 Å². The van der Waals surface area contributed by atoms with Crippen molar-refractivity contribution >= 4 is 23.5 Å². The van der Waals surface area contributed by atoms with Crippen molar-refractivity contribution in [2.24, 2.45) is 0 Å². The molecule has 28 heavy (non-hydrogen) atoms. The highest BCUT2D eigenvalue weighted by Crippen LogP contribution is 2.23. The Morgan fingerprint density at radius 3 is 2.36 bits per heavy atom. The van der Waals surface area contributed by atoms with Crippen LogP contribution in [0.2, 0.25) is 5.02 Å². The van der Waals surface area contributed by atoms with Crippen LogP contribution >= 0.6 is 11.6 Å². The Hall–Kier alpha value is -2.57. The van der Waals surface area contributed by atoms with Gasteiger partial charge in [-0.05, 0) is 56.7 Å². The summed E-state index contributed by atoms with van der Waals surface area (Å²) in [6.45, 7) is 6.68. The predicted octanol–water partition coefficient (Wildman–Crippen LogP) is 3.62. The summed E-state index contributed by atoms with van der Waals surface area (Å²) < 4.78 is 5.67. The fourth-order valence-electron chi connectivity index (χ4n) is 2.53. The van der Waals surface area contributed by atoms with E-state index >= 15 is 0 Å². The minimum absolute atomic E-state index is 0.0808. The summed E-state index contributed by atoms with van der Waals surface area (Å²) >= 11 is 6.09. The number of aromatic carboxylic acids is 1. The number of benzene rings is 2. The van der Waals surface area contributed by atoms with E-state index in [1.165, 1.54) is 0 Å². The number of carboxylic acid groups (broad SMARTS) is 1. The van der Waals surface area contributed by atoms with Gasteiger partial charge in [0.1, 0.15) is 5.75 Å². The number of hydrogen-bond acceptors (Lipinski definition) is 4. The van der Waals surface area contributed by atoms with Crippen LogP contribution in [-0.2, 0) is 17.9 Å². The topological polar surface area (TPSA) is 87.7 Å². The summed E-state index contributed by atoms with van der Waals surface area (Å²) in [7, 11) is 0. The first-order chi connectivity index (χ1) is 13.1. The van der Waals surface area contributed by atoms with Crippen molar-refractivity contribution in [3.05, 3.63) is 64.2 Å². The third-order valence-corrected chi connectivity index (χ3v) is 3.98. The van der Waals surface area contributed by atoms with Gasteiger partial charge in [-0.3, -0.25) is 4.79 Å². The summed E-state index contributed by atoms with van der Waals surface area (Å²) in [4.78, 5) is 22.9. The van der Waals surface area contributed by atoms with Crippen molar-refractivity contribution in [2.45, 2.75) is 39.4 Å². The van der Waals surface area contributed by atoms with E-state index in [-0.39, 0.29) is 23.6 Å². The van der Waals surface area contributed by atoms with Crippen molar-refractivity contribution < 1.29 is 19.4 Å². The van der Waals surface area contributed by atoms with E-state index in [0.717, 1.165) is 11.1 Å². The van der Waals surface area contributed by atoms with Gasteiger partial charge < -0.3 is 20.5 Å². The molecule has 1 amide bonds. The molecule has 3 N–H and O–H groups in total. The third kappa shape index (κ3) is 7.21. The SMILES string of the molecule is CC(C)(C)NC(=O)COc1ccc(Cl)cc1CNCc1ccc(C(=O)O)cc1. The lowest BCUT2D eigenvalue weighted by Gasteiger charge is -2.21. The van der Waals surface area contributed by atoms with E-state index in [0.29, 0.717) is 23.9 Å². The molecule has 7 heteroatoms. The van der Waals surface area contributed by atoms with Gasteiger partial charge in [0.25, 0.3) is 5.91 Å². The Balaban J connectivity index is 1.94. The fourth-order valence-corrected chi connectivity index (χ4v) is 2.73. The van der Waals surface area contributed by atoms with Gasteiger partial charge in [0.2, 0.25) is 0 Å². The highest BCUT2D eigenvalue weighted by molar-refractivity contribution is 6.30. The van der Waals surface area contributed by atoms with Gasteiger partial charge in [-0.25, -0.2) is 4.79 Å². The molecule has 0 saturated carbocycles. The molecule has 6 nitrogen and oxygen atoms in total. The van der Waals surface area contributed by atoms with Crippen LogP contribution in [0.5, 0.6) is 5.75 Å². The maximum Gasteiger partial charge on any atom is 0.335 e. The second-order valence-corrected chi connectivity index (χ2v) is 7.88. The first-order valence-electron chi connectivity index (χ1n) is 8.89. The number of ether oxygens (including phenoxy) is 1. The zero-order chi connectivity index (χ0) is 20.7. The lowest BCUT2D eigenvalue weighted by atomic mass is 10.1. The Bertz CT molecular complexity index is 829. The zero-order valence-electron chi connectivity index (χ0n) is 16.2. The van der Waals surface area contributed by atoms with Crippen LogP contribution in [0.25, 0.3) is 0 Å². The average molecular weight is 405 g/mol. The van der Waals surface area contributed by atoms with Crippen molar-refractivity contribution in [1.29, 1.82) is 0 Å². The molecule has 0 aliphatic rings. The first kappa shape index (κ1) is 21.7. The summed E-state index contributed by atoms with van der Waals surface area (Å²) in [5.74, 6) is -0.558. The lowest BCUT2D eigenvalue weighted by Crippen LogP contribution is -2.43. The molecule has 0 aromatic heterocycles. The first-order valence-corrected chi connectivity index (χ1v) is 9.27. The predicted molar refractivity (Wildman–Crippen MR) is 109 cm³/mol. The van der Waals surface area contributed by atoms with Gasteiger partial charge in [-0.2, -0.15) is 0 Å². The molecule has 0 spiro atoms. The van der Waals surface area contributed by atoms with Gasteiger partial charge >= 0.3 is 5.97 Å². The Morgan fingerprint density at radius 2 is 1.75 bits per heavy atom. The van der Waals surface area contributed by atoms with Crippen LogP contribution < -0.4 is 15.4 Å². The van der Waals surface area contributed by atoms with E-state index in [2.05, 4.69) is 10.6 Å². The molecule has 0 heterocycles. The molecule has 0 radical (unpaired) electrons. The average Bonchev–Trinajstić information content (AvgIpc) is 2.60. The number of nitrogens with one attached hydrogen (secondary N) is 2. The molecular weight excluding hydrogens is 380 g/mol. The number of carbonyl (C=O) groups excluding carboxylic acids is 1. The van der Waals surface area contributed by atoms with Crippen molar-refractivity contribution in [1.82, 2.24) is 10.6 Å². The van der Waals surface area contributed by atoms with E-state index < -0.39 is 5.97 Å². The Labute approximate surface area is 169 Å². The number of rotatable bonds is 8. The maximum atomic E-state index is 12.0. The molecular formula is C21H25ClN2O4. The molecule has 0 aliphatic carbocycles. The minimum atomic E-state index is -0.948. The number of amides is 1. The highest BCUT2D eigenvalue weighted by Gasteiger charge is 2.15. The standard InChI is InChI=1S/C21H25ClN2O4/c1-21(2,3)24-19(25)13-28-18-9-8-17(22)10-16(18)12-23-11-14-4-6-15(7-5-14)20(26)27/h4-10,23H,11-13H2,1-3H3,(H,24,25)(H,26,27). The summed E-state index contributed by atoms with van der Waals surface area (Å²) in [6, 6.07) is 11.9. The largest absolute Gasteiger partial charge is 0.483 e. The normalized spacial score (nSPS) is 11.1. The number of carboxylic acids is 1. The van der Waals surface area contributed by atoms with Crippen molar-refractivity contribution in [3.8, 4) is 5.75 Å². The van der Waals surface area contributed by atoms with E-state index in [4.69, 9.17) is 21.4 Å². The molecule has 0 unspecified atom stereocenters. The molecule has 0 saturated heterocycles. The molecule has 0 bridgehead atoms. The van der Waals surface area contributed by atoms with E-state index in [9.17, 15) is 9.59 Å². The summed E-state index contributed by atoms with van der Waals surface area (Å²) in [5.41, 5.74) is 1.72. The molecule has 0 atom stereocenters. The number of hydrogen-bond donors (Lipinski definition) is 3. The minimum Gasteiger partial charge on any atom is -0.483 e. The monoisotopic (exact) mass is 404 g/mol. The van der Waals surface area contributed by atoms with E-state index in [1.807, 2.05) is 20.8 Å². The van der Waals surface area contributed by atoms with Crippen LogP contribution in [0.15, 0.2) is 42.5 Å². The number of carbonyl (C=O) groups is 2. The maximum absolute atomic E-state index is 12.0. The van der Waals surface area contributed by atoms with Crippen LogP contribution in [0.3, 0.4) is 0 Å². The number of halogens is 1. The molecule has 2 aromatic rings. The van der Waals surface area contributed by atoms with Gasteiger partial charge in [-0.1, -0.05) is 23.7 Å². The lowest BCUT2D eigenvalue weighted by molar-refractivity contribution is -0.124. The van der Waals surface area contributed by atoms with Crippen LogP contribution in [0.4, 0.5) is 0 Å². The fraction of sp³-hybridized carbons (Fsp3) is 0.333. The van der Waals surface area contributed by atoms with Gasteiger partial charge in [0.05, 0.1) is 5.56 Å². The molecule has 150 valence electrons. The third-order valence-electron chi connectivity index (χ3n) is 3.74. The zero-order valence-corrected chi connectivity index (χ0v) is 17.0. The molecule has 2 rings (SSSR count). The molecule has 0 fully saturated rings. The highest BCUT2D eigenvalue weighted by atomic mass is 35.5. The Kier molecular flexibility index (Phi) is 7.43. The van der Waals surface area contributed by atoms with Crippen LogP contribution in [0.1, 0.15) is 42.3 Å². The second kappa shape index (κ2) is 9.57. The smallest absolute Gasteiger partial charge is 0.335 e. The van der Waals surface area contributed by atoms with Crippen LogP contribution in [0, 0.1) is 0 Å². The quantitative estimate of drug-likeness (QED) is 0.625. The summed E-state index contributed by atoms with van der Waals surface area (Å²) in [5, 5.41) is 15.6. The van der Waals surface area contributed by atoms with Gasteiger partial charge in [0.15, 0.2) is 6.61 Å². The second-order valence-electron chi connectivity index (χ2n) is 7.44. The van der Waals surface area contributed by atoms with Crippen molar-refractivity contribution in [2.75, 3.05) is 6.61 Å². The molecule has 0 aliphatic heterocycles.